The van der Waals surface area contributed by atoms with E-state index in [2.05, 4.69) is 51.8 Å². The Morgan fingerprint density at radius 1 is 1.08 bits per heavy atom. The SMILES string of the molecule is Cc1cccc(-c2nc(CSc3nnc(-c4ccncc4)o3)cs2)c1. The van der Waals surface area contributed by atoms with E-state index in [0.29, 0.717) is 16.9 Å². The summed E-state index contributed by atoms with van der Waals surface area (Å²) >= 11 is 3.14. The first kappa shape index (κ1) is 16.0. The summed E-state index contributed by atoms with van der Waals surface area (Å²) in [4.78, 5) is 8.69. The third kappa shape index (κ3) is 3.78. The van der Waals surface area contributed by atoms with Crippen molar-refractivity contribution in [1.29, 1.82) is 0 Å². The molecule has 0 spiro atoms. The molecule has 0 saturated carbocycles. The first-order valence-electron chi connectivity index (χ1n) is 7.66. The van der Waals surface area contributed by atoms with Gasteiger partial charge in [0.15, 0.2) is 0 Å². The minimum Gasteiger partial charge on any atom is -0.411 e. The number of benzene rings is 1. The molecule has 3 aromatic heterocycles. The van der Waals surface area contributed by atoms with Crippen molar-refractivity contribution in [3.63, 3.8) is 0 Å². The number of hydrogen-bond acceptors (Lipinski definition) is 7. The summed E-state index contributed by atoms with van der Waals surface area (Å²) in [5.41, 5.74) is 4.26. The third-order valence-corrected chi connectivity index (χ3v) is 5.29. The lowest BCUT2D eigenvalue weighted by Gasteiger charge is -1.97. The lowest BCUT2D eigenvalue weighted by atomic mass is 10.1. The van der Waals surface area contributed by atoms with Crippen LogP contribution in [0.3, 0.4) is 0 Å². The van der Waals surface area contributed by atoms with Gasteiger partial charge >= 0.3 is 0 Å². The monoisotopic (exact) mass is 366 g/mol. The molecular formula is C18H14N4OS2. The average Bonchev–Trinajstić information content (AvgIpc) is 3.30. The van der Waals surface area contributed by atoms with Crippen LogP contribution in [-0.2, 0) is 5.75 Å². The topological polar surface area (TPSA) is 64.7 Å². The molecule has 4 rings (SSSR count). The lowest BCUT2D eigenvalue weighted by Crippen LogP contribution is -1.83. The Balaban J connectivity index is 1.43. The van der Waals surface area contributed by atoms with E-state index in [1.54, 1.807) is 23.7 Å². The molecule has 124 valence electrons. The van der Waals surface area contributed by atoms with E-state index in [-0.39, 0.29) is 0 Å². The number of aryl methyl sites for hydroxylation is 1. The fourth-order valence-electron chi connectivity index (χ4n) is 2.30. The zero-order valence-corrected chi connectivity index (χ0v) is 15.0. The fourth-order valence-corrected chi connectivity index (χ4v) is 3.88. The Hall–Kier alpha value is -2.51. The molecule has 0 N–H and O–H groups in total. The predicted octanol–water partition coefficient (Wildman–Crippen LogP) is 4.86. The molecule has 0 aliphatic rings. The highest BCUT2D eigenvalue weighted by molar-refractivity contribution is 7.98. The van der Waals surface area contributed by atoms with E-state index in [1.165, 1.54) is 17.3 Å². The number of rotatable bonds is 5. The van der Waals surface area contributed by atoms with Crippen LogP contribution in [0.25, 0.3) is 22.0 Å². The summed E-state index contributed by atoms with van der Waals surface area (Å²) in [5, 5.41) is 11.8. The van der Waals surface area contributed by atoms with Gasteiger partial charge in [-0.2, -0.15) is 0 Å². The second kappa shape index (κ2) is 7.16. The number of nitrogens with zero attached hydrogens (tertiary/aromatic N) is 4. The molecule has 0 unspecified atom stereocenters. The van der Waals surface area contributed by atoms with Crippen molar-refractivity contribution in [3.8, 4) is 22.0 Å². The molecule has 0 amide bonds. The summed E-state index contributed by atoms with van der Waals surface area (Å²) in [7, 11) is 0. The minimum absolute atomic E-state index is 0.503. The van der Waals surface area contributed by atoms with Crippen molar-refractivity contribution in [1.82, 2.24) is 20.2 Å². The van der Waals surface area contributed by atoms with Crippen LogP contribution in [0, 0.1) is 6.92 Å². The van der Waals surface area contributed by atoms with E-state index in [9.17, 15) is 0 Å². The van der Waals surface area contributed by atoms with Gasteiger partial charge in [0.2, 0.25) is 5.89 Å². The largest absolute Gasteiger partial charge is 0.411 e. The normalized spacial score (nSPS) is 10.9. The van der Waals surface area contributed by atoms with E-state index in [1.807, 2.05) is 12.1 Å². The van der Waals surface area contributed by atoms with Gasteiger partial charge in [-0.15, -0.1) is 21.5 Å². The number of pyridine rings is 1. The Morgan fingerprint density at radius 2 is 1.96 bits per heavy atom. The van der Waals surface area contributed by atoms with Crippen LogP contribution in [-0.4, -0.2) is 20.2 Å². The zero-order chi connectivity index (χ0) is 17.1. The van der Waals surface area contributed by atoms with Gasteiger partial charge in [-0.25, -0.2) is 4.98 Å². The molecule has 0 saturated heterocycles. The molecule has 0 aliphatic heterocycles. The van der Waals surface area contributed by atoms with Crippen LogP contribution < -0.4 is 0 Å². The maximum Gasteiger partial charge on any atom is 0.277 e. The molecule has 0 radical (unpaired) electrons. The number of aromatic nitrogens is 4. The predicted molar refractivity (Wildman–Crippen MR) is 99.4 cm³/mol. The summed E-state index contributed by atoms with van der Waals surface area (Å²) in [6.07, 6.45) is 3.41. The smallest absolute Gasteiger partial charge is 0.277 e. The summed E-state index contributed by atoms with van der Waals surface area (Å²) in [6, 6.07) is 12.1. The second-order valence-corrected chi connectivity index (χ2v) is 7.20. The molecule has 25 heavy (non-hydrogen) atoms. The Kier molecular flexibility index (Phi) is 4.58. The van der Waals surface area contributed by atoms with Crippen molar-refractivity contribution >= 4 is 23.1 Å². The van der Waals surface area contributed by atoms with Crippen LogP contribution in [0.5, 0.6) is 0 Å². The van der Waals surface area contributed by atoms with E-state index in [4.69, 9.17) is 9.40 Å². The number of thiazole rings is 1. The summed E-state index contributed by atoms with van der Waals surface area (Å²) in [5.74, 6) is 1.20. The highest BCUT2D eigenvalue weighted by atomic mass is 32.2. The molecule has 1 aromatic carbocycles. The van der Waals surface area contributed by atoms with Crippen LogP contribution in [0.2, 0.25) is 0 Å². The molecule has 7 heteroatoms. The average molecular weight is 366 g/mol. The van der Waals surface area contributed by atoms with Gasteiger partial charge < -0.3 is 4.42 Å². The minimum atomic E-state index is 0.503. The van der Waals surface area contributed by atoms with Crippen molar-refractivity contribution in [2.24, 2.45) is 0 Å². The zero-order valence-electron chi connectivity index (χ0n) is 13.4. The van der Waals surface area contributed by atoms with Gasteiger partial charge in [0.05, 0.1) is 5.69 Å². The van der Waals surface area contributed by atoms with Crippen LogP contribution in [0.4, 0.5) is 0 Å². The Labute approximate surface area is 153 Å². The lowest BCUT2D eigenvalue weighted by molar-refractivity contribution is 0.465. The molecule has 5 nitrogen and oxygen atoms in total. The molecule has 0 fully saturated rings. The van der Waals surface area contributed by atoms with Crippen LogP contribution in [0.1, 0.15) is 11.3 Å². The first-order valence-corrected chi connectivity index (χ1v) is 9.52. The maximum atomic E-state index is 5.69. The van der Waals surface area contributed by atoms with E-state index >= 15 is 0 Å². The van der Waals surface area contributed by atoms with Crippen LogP contribution in [0.15, 0.2) is 63.8 Å². The molecule has 0 bridgehead atoms. The Morgan fingerprint density at radius 3 is 2.80 bits per heavy atom. The van der Waals surface area contributed by atoms with Gasteiger partial charge in [-0.1, -0.05) is 35.5 Å². The molecule has 0 aliphatic carbocycles. The van der Waals surface area contributed by atoms with Gasteiger partial charge in [0, 0.05) is 34.7 Å². The van der Waals surface area contributed by atoms with Crippen molar-refractivity contribution in [2.75, 3.05) is 0 Å². The van der Waals surface area contributed by atoms with Crippen molar-refractivity contribution < 1.29 is 4.42 Å². The second-order valence-electron chi connectivity index (χ2n) is 5.41. The summed E-state index contributed by atoms with van der Waals surface area (Å²) < 4.78 is 5.69. The van der Waals surface area contributed by atoms with Gasteiger partial charge in [0.25, 0.3) is 5.22 Å². The van der Waals surface area contributed by atoms with Gasteiger partial charge in [-0.3, -0.25) is 4.98 Å². The molecule has 3 heterocycles. The maximum absolute atomic E-state index is 5.69. The number of hydrogen-bond donors (Lipinski definition) is 0. The van der Waals surface area contributed by atoms with Gasteiger partial charge in [-0.05, 0) is 25.1 Å². The number of thioether (sulfide) groups is 1. The summed E-state index contributed by atoms with van der Waals surface area (Å²) in [6.45, 7) is 2.09. The fraction of sp³-hybridized carbons (Fsp3) is 0.111. The standard InChI is InChI=1S/C18H14N4OS2/c1-12-3-2-4-14(9-12)17-20-15(10-24-17)11-25-18-22-21-16(23-18)13-5-7-19-8-6-13/h2-10H,11H2,1H3. The Bertz CT molecular complexity index is 981. The quantitative estimate of drug-likeness (QED) is 0.470. The highest BCUT2D eigenvalue weighted by Gasteiger charge is 2.11. The van der Waals surface area contributed by atoms with Gasteiger partial charge in [0.1, 0.15) is 5.01 Å². The highest BCUT2D eigenvalue weighted by Crippen LogP contribution is 2.29. The van der Waals surface area contributed by atoms with E-state index in [0.717, 1.165) is 21.8 Å². The van der Waals surface area contributed by atoms with Crippen molar-refractivity contribution in [2.45, 2.75) is 17.9 Å². The molecule has 0 atom stereocenters. The third-order valence-electron chi connectivity index (χ3n) is 3.49. The van der Waals surface area contributed by atoms with Crippen LogP contribution >= 0.6 is 23.1 Å². The van der Waals surface area contributed by atoms with Crippen molar-refractivity contribution in [3.05, 3.63) is 65.4 Å². The molecule has 4 aromatic rings. The molecular weight excluding hydrogens is 352 g/mol. The first-order chi connectivity index (χ1) is 12.3. The van der Waals surface area contributed by atoms with E-state index < -0.39 is 0 Å².